The van der Waals surface area contributed by atoms with Crippen molar-refractivity contribution in [3.8, 4) is 0 Å². The third kappa shape index (κ3) is 5.41. The number of fused-ring (bicyclic) bond motifs is 1. The fraction of sp³-hybridized carbons (Fsp3) is 0.391. The number of benzene rings is 2. The van der Waals surface area contributed by atoms with Gasteiger partial charge < -0.3 is 9.30 Å². The van der Waals surface area contributed by atoms with Gasteiger partial charge in [0.15, 0.2) is 4.80 Å². The SMILES string of the molecule is CCOCCn1c(=NC(=O)C2CCN(S(=O)(=O)c3ccc(Cl)cc3)CC2)sc2cc(F)ccc21. The van der Waals surface area contributed by atoms with Gasteiger partial charge in [-0.05, 0) is 62.2 Å². The number of ether oxygens (including phenoxy) is 1. The molecule has 1 aliphatic rings. The van der Waals surface area contributed by atoms with Crippen LogP contribution in [-0.2, 0) is 26.1 Å². The predicted octanol–water partition coefficient (Wildman–Crippen LogP) is 4.06. The number of halogens is 2. The van der Waals surface area contributed by atoms with E-state index in [1.54, 1.807) is 18.2 Å². The molecule has 0 N–H and O–H groups in total. The highest BCUT2D eigenvalue weighted by Gasteiger charge is 2.32. The molecule has 3 aromatic rings. The summed E-state index contributed by atoms with van der Waals surface area (Å²) in [7, 11) is -3.65. The molecule has 2 aromatic carbocycles. The van der Waals surface area contributed by atoms with Crippen molar-refractivity contribution in [3.63, 3.8) is 0 Å². The standard InChI is InChI=1S/C23H25ClFN3O4S2/c1-2-32-14-13-28-20-8-5-18(25)15-21(20)33-23(28)26-22(29)16-9-11-27(12-10-16)34(30,31)19-6-3-17(24)4-7-19/h3-8,15-16H,2,9-14H2,1H3. The molecule has 11 heteroatoms. The van der Waals surface area contributed by atoms with E-state index in [2.05, 4.69) is 4.99 Å². The molecule has 1 aliphatic heterocycles. The molecule has 0 aliphatic carbocycles. The van der Waals surface area contributed by atoms with Crippen molar-refractivity contribution in [1.29, 1.82) is 0 Å². The maximum Gasteiger partial charge on any atom is 0.251 e. The van der Waals surface area contributed by atoms with Crippen LogP contribution in [0.15, 0.2) is 52.4 Å². The molecule has 0 radical (unpaired) electrons. The van der Waals surface area contributed by atoms with Gasteiger partial charge in [-0.2, -0.15) is 9.30 Å². The van der Waals surface area contributed by atoms with Crippen LogP contribution in [0.1, 0.15) is 19.8 Å². The maximum atomic E-state index is 13.7. The number of nitrogens with zero attached hydrogens (tertiary/aromatic N) is 3. The Kier molecular flexibility index (Phi) is 7.83. The third-order valence-electron chi connectivity index (χ3n) is 5.77. The van der Waals surface area contributed by atoms with Crippen LogP contribution in [0.4, 0.5) is 4.39 Å². The second-order valence-electron chi connectivity index (χ2n) is 7.93. The topological polar surface area (TPSA) is 81.0 Å². The minimum absolute atomic E-state index is 0.180. The first kappa shape index (κ1) is 25.0. The van der Waals surface area contributed by atoms with Crippen LogP contribution < -0.4 is 4.80 Å². The third-order valence-corrected chi connectivity index (χ3v) is 8.97. The molecule has 0 bridgehead atoms. The van der Waals surface area contributed by atoms with Crippen LogP contribution in [-0.4, -0.2) is 49.5 Å². The zero-order chi connectivity index (χ0) is 24.3. The lowest BCUT2D eigenvalue weighted by Gasteiger charge is -2.29. The first-order valence-electron chi connectivity index (χ1n) is 11.0. The molecule has 0 atom stereocenters. The molecular formula is C23H25ClFN3O4S2. The van der Waals surface area contributed by atoms with Crippen molar-refractivity contribution in [3.05, 3.63) is 58.1 Å². The van der Waals surface area contributed by atoms with Crippen molar-refractivity contribution < 1.29 is 22.3 Å². The molecule has 1 fully saturated rings. The molecule has 1 saturated heterocycles. The summed E-state index contributed by atoms with van der Waals surface area (Å²) in [6, 6.07) is 10.5. The Bertz CT molecular complexity index is 1340. The predicted molar refractivity (Wildman–Crippen MR) is 130 cm³/mol. The number of thiazole rings is 1. The van der Waals surface area contributed by atoms with Crippen LogP contribution in [0.25, 0.3) is 10.2 Å². The fourth-order valence-corrected chi connectivity index (χ4v) is 6.62. The van der Waals surface area contributed by atoms with E-state index < -0.39 is 10.0 Å². The number of piperidine rings is 1. The fourth-order valence-electron chi connectivity index (χ4n) is 3.93. The maximum absolute atomic E-state index is 13.7. The Labute approximate surface area is 206 Å². The van der Waals surface area contributed by atoms with Crippen molar-refractivity contribution in [2.75, 3.05) is 26.3 Å². The zero-order valence-corrected chi connectivity index (χ0v) is 21.0. The summed E-state index contributed by atoms with van der Waals surface area (Å²) >= 11 is 7.12. The summed E-state index contributed by atoms with van der Waals surface area (Å²) in [6.07, 6.45) is 0.765. The largest absolute Gasteiger partial charge is 0.380 e. The van der Waals surface area contributed by atoms with Gasteiger partial charge in [0.1, 0.15) is 5.82 Å². The molecule has 1 amide bonds. The van der Waals surface area contributed by atoms with Crippen molar-refractivity contribution in [2.45, 2.75) is 31.2 Å². The smallest absolute Gasteiger partial charge is 0.251 e. The molecule has 7 nitrogen and oxygen atoms in total. The highest BCUT2D eigenvalue weighted by molar-refractivity contribution is 7.89. The van der Waals surface area contributed by atoms with Crippen LogP contribution >= 0.6 is 22.9 Å². The lowest BCUT2D eigenvalue weighted by Crippen LogP contribution is -2.40. The Hall–Kier alpha value is -2.11. The number of amides is 1. The summed E-state index contributed by atoms with van der Waals surface area (Å²) in [4.78, 5) is 18.0. The molecule has 2 heterocycles. The highest BCUT2D eigenvalue weighted by Crippen LogP contribution is 2.26. The normalized spacial score (nSPS) is 16.4. The second-order valence-corrected chi connectivity index (χ2v) is 11.3. The highest BCUT2D eigenvalue weighted by atomic mass is 35.5. The number of aromatic nitrogens is 1. The average molecular weight is 526 g/mol. The number of sulfonamides is 1. The number of carbonyl (C=O) groups excluding carboxylic acids is 1. The van der Waals surface area contributed by atoms with Gasteiger partial charge in [0.2, 0.25) is 10.0 Å². The van der Waals surface area contributed by atoms with Crippen molar-refractivity contribution in [1.82, 2.24) is 8.87 Å². The first-order chi connectivity index (χ1) is 16.3. The Morgan fingerprint density at radius 2 is 1.91 bits per heavy atom. The summed E-state index contributed by atoms with van der Waals surface area (Å²) in [6.45, 7) is 3.88. The lowest BCUT2D eigenvalue weighted by atomic mass is 9.98. The number of rotatable bonds is 7. The molecule has 0 spiro atoms. The van der Waals surface area contributed by atoms with Gasteiger partial charge in [0.05, 0.1) is 21.7 Å². The van der Waals surface area contributed by atoms with Gasteiger partial charge in [-0.15, -0.1) is 0 Å². The van der Waals surface area contributed by atoms with Crippen molar-refractivity contribution in [2.24, 2.45) is 10.9 Å². The van der Waals surface area contributed by atoms with Crippen LogP contribution in [0, 0.1) is 11.7 Å². The van der Waals surface area contributed by atoms with Crippen molar-refractivity contribution >= 4 is 49.1 Å². The minimum atomic E-state index is -3.65. The van der Waals surface area contributed by atoms with E-state index in [9.17, 15) is 17.6 Å². The molecule has 0 unspecified atom stereocenters. The summed E-state index contributed by atoms with van der Waals surface area (Å²) < 4.78 is 48.9. The Morgan fingerprint density at radius 3 is 2.59 bits per heavy atom. The molecule has 0 saturated carbocycles. The number of hydrogen-bond acceptors (Lipinski definition) is 5. The summed E-state index contributed by atoms with van der Waals surface area (Å²) in [5.74, 6) is -1.02. The molecule has 34 heavy (non-hydrogen) atoms. The molecular weight excluding hydrogens is 501 g/mol. The molecule has 182 valence electrons. The van der Waals surface area contributed by atoms with Gasteiger partial charge >= 0.3 is 0 Å². The first-order valence-corrected chi connectivity index (χ1v) is 13.6. The lowest BCUT2D eigenvalue weighted by molar-refractivity contribution is -0.122. The van der Waals surface area contributed by atoms with E-state index >= 15 is 0 Å². The van der Waals surface area contributed by atoms with Crippen LogP contribution in [0.3, 0.4) is 0 Å². The van der Waals surface area contributed by atoms with Crippen LogP contribution in [0.2, 0.25) is 5.02 Å². The van der Waals surface area contributed by atoms with Crippen LogP contribution in [0.5, 0.6) is 0 Å². The quantitative estimate of drug-likeness (QED) is 0.436. The number of carbonyl (C=O) groups is 1. The zero-order valence-electron chi connectivity index (χ0n) is 18.6. The van der Waals surface area contributed by atoms with E-state index in [1.807, 2.05) is 11.5 Å². The average Bonchev–Trinajstić information content (AvgIpc) is 3.15. The van der Waals surface area contributed by atoms with E-state index in [1.165, 1.54) is 39.9 Å². The van der Waals surface area contributed by atoms with Gasteiger partial charge in [-0.3, -0.25) is 4.79 Å². The monoisotopic (exact) mass is 525 g/mol. The van der Waals surface area contributed by atoms with E-state index in [4.69, 9.17) is 16.3 Å². The van der Waals surface area contributed by atoms with Gasteiger partial charge in [-0.25, -0.2) is 12.8 Å². The Morgan fingerprint density at radius 1 is 1.21 bits per heavy atom. The minimum Gasteiger partial charge on any atom is -0.380 e. The Balaban J connectivity index is 1.51. The molecule has 4 rings (SSSR count). The summed E-state index contributed by atoms with van der Waals surface area (Å²) in [5, 5.41) is 0.465. The van der Waals surface area contributed by atoms with E-state index in [-0.39, 0.29) is 35.6 Å². The van der Waals surface area contributed by atoms with E-state index in [0.29, 0.717) is 47.1 Å². The molecule has 1 aromatic heterocycles. The van der Waals surface area contributed by atoms with Gasteiger partial charge in [0.25, 0.3) is 5.91 Å². The van der Waals surface area contributed by atoms with Gasteiger partial charge in [0, 0.05) is 37.2 Å². The van der Waals surface area contributed by atoms with Gasteiger partial charge in [-0.1, -0.05) is 22.9 Å². The van der Waals surface area contributed by atoms with E-state index in [0.717, 1.165) is 5.52 Å². The number of hydrogen-bond donors (Lipinski definition) is 0. The second kappa shape index (κ2) is 10.7. The summed E-state index contributed by atoms with van der Waals surface area (Å²) in [5.41, 5.74) is 0.793.